The molecule has 0 aliphatic heterocycles. The number of terminal acetylenes is 1. The maximum Gasteiger partial charge on any atom is 0.157 e. The lowest BCUT2D eigenvalue weighted by Crippen LogP contribution is -1.98. The molecule has 6 nitrogen and oxygen atoms in total. The number of halogens is 2. The van der Waals surface area contributed by atoms with Gasteiger partial charge in [-0.1, -0.05) is 11.6 Å². The molecule has 0 saturated carbocycles. The third-order valence-electron chi connectivity index (χ3n) is 4.02. The van der Waals surface area contributed by atoms with Crippen LogP contribution in [0.3, 0.4) is 0 Å². The molecule has 3 heterocycles. The lowest BCUT2D eigenvalue weighted by Gasteiger charge is -2.10. The predicted molar refractivity (Wildman–Crippen MR) is 95.1 cm³/mol. The Hall–Kier alpha value is -3.11. The average Bonchev–Trinajstić information content (AvgIpc) is 3.25. The Bertz CT molecular complexity index is 1150. The van der Waals surface area contributed by atoms with E-state index in [0.29, 0.717) is 39.2 Å². The van der Waals surface area contributed by atoms with Gasteiger partial charge in [0.2, 0.25) is 0 Å². The molecule has 124 valence electrons. The van der Waals surface area contributed by atoms with Gasteiger partial charge in [-0.25, -0.2) is 9.37 Å². The maximum absolute atomic E-state index is 14.8. The summed E-state index contributed by atoms with van der Waals surface area (Å²) in [6.07, 6.45) is 12.2. The molecule has 0 aliphatic rings. The maximum atomic E-state index is 14.8. The topological polar surface area (TPSA) is 70.9 Å². The van der Waals surface area contributed by atoms with Gasteiger partial charge in [-0.2, -0.15) is 5.10 Å². The van der Waals surface area contributed by atoms with Gasteiger partial charge in [0, 0.05) is 36.2 Å². The number of aromatic amines is 1. The highest BCUT2D eigenvalue weighted by Crippen LogP contribution is 2.38. The number of imidazole rings is 1. The highest BCUT2D eigenvalue weighted by atomic mass is 35.5. The van der Waals surface area contributed by atoms with Crippen molar-refractivity contribution in [3.8, 4) is 23.6 Å². The molecule has 4 rings (SSSR count). The summed E-state index contributed by atoms with van der Waals surface area (Å²) in [6, 6.07) is 0. The zero-order chi connectivity index (χ0) is 17.6. The molecule has 0 amide bonds. The Morgan fingerprint density at radius 3 is 3.00 bits per heavy atom. The monoisotopic (exact) mass is 354 g/mol. The van der Waals surface area contributed by atoms with Crippen molar-refractivity contribution in [3.05, 3.63) is 41.2 Å². The highest BCUT2D eigenvalue weighted by Gasteiger charge is 2.21. The fourth-order valence-corrected chi connectivity index (χ4v) is 3.16. The van der Waals surface area contributed by atoms with E-state index in [4.69, 9.17) is 18.0 Å². The van der Waals surface area contributed by atoms with Crippen LogP contribution in [0.15, 0.2) is 24.8 Å². The second-order valence-electron chi connectivity index (χ2n) is 5.44. The molecule has 3 aromatic heterocycles. The summed E-state index contributed by atoms with van der Waals surface area (Å²) in [5.41, 5.74) is 2.49. The smallest absolute Gasteiger partial charge is 0.157 e. The number of fused-ring (bicyclic) bond motifs is 2. The molecule has 8 heteroatoms. The van der Waals surface area contributed by atoms with Crippen LogP contribution in [0.25, 0.3) is 27.8 Å². The van der Waals surface area contributed by atoms with E-state index in [2.05, 4.69) is 31.4 Å². The van der Waals surface area contributed by atoms with Gasteiger partial charge >= 0.3 is 0 Å². The van der Waals surface area contributed by atoms with Gasteiger partial charge in [0.1, 0.15) is 11.6 Å². The number of nitrogens with one attached hydrogen (secondary N) is 2. The van der Waals surface area contributed by atoms with E-state index in [9.17, 15) is 4.39 Å². The zero-order valence-corrected chi connectivity index (χ0v) is 13.9. The number of anilines is 1. The van der Waals surface area contributed by atoms with Crippen molar-refractivity contribution in [2.45, 2.75) is 6.42 Å². The standard InChI is InChI=1S/C17H12ClFN6/c1-3-4-9-16(19)15(18)14(10-5-22-24-17(9)10)11-7-25-8-12(20-2)23-13(25)6-21-11/h1,5-8,20H,4H2,2H3,(H,22,24). The van der Waals surface area contributed by atoms with Crippen LogP contribution in [0.2, 0.25) is 5.02 Å². The molecule has 0 bridgehead atoms. The van der Waals surface area contributed by atoms with Gasteiger partial charge in [-0.15, -0.1) is 12.3 Å². The van der Waals surface area contributed by atoms with Crippen molar-refractivity contribution >= 4 is 34.0 Å². The fraction of sp³-hybridized carbons (Fsp3) is 0.118. The van der Waals surface area contributed by atoms with Crippen LogP contribution in [0.5, 0.6) is 0 Å². The Kier molecular flexibility index (Phi) is 3.55. The molecule has 0 aliphatic carbocycles. The number of hydrogen-bond acceptors (Lipinski definition) is 4. The summed E-state index contributed by atoms with van der Waals surface area (Å²) in [5, 5.41) is 10.4. The number of H-pyrrole nitrogens is 1. The number of hydrogen-bond donors (Lipinski definition) is 2. The van der Waals surface area contributed by atoms with Crippen LogP contribution in [-0.2, 0) is 6.42 Å². The third kappa shape index (κ3) is 2.30. The molecule has 0 radical (unpaired) electrons. The molecule has 2 N–H and O–H groups in total. The summed E-state index contributed by atoms with van der Waals surface area (Å²) in [4.78, 5) is 8.73. The Morgan fingerprint density at radius 1 is 1.40 bits per heavy atom. The summed E-state index contributed by atoms with van der Waals surface area (Å²) in [5.74, 6) is 2.59. The molecule has 0 saturated heterocycles. The molecule has 0 fully saturated rings. The Labute approximate surface area is 147 Å². The number of nitrogens with zero attached hydrogens (tertiary/aromatic N) is 4. The van der Waals surface area contributed by atoms with Crippen LogP contribution in [-0.4, -0.2) is 31.6 Å². The van der Waals surface area contributed by atoms with E-state index in [-0.39, 0.29) is 11.4 Å². The van der Waals surface area contributed by atoms with E-state index in [1.807, 2.05) is 6.20 Å². The highest BCUT2D eigenvalue weighted by molar-refractivity contribution is 6.35. The number of aromatic nitrogens is 5. The van der Waals surface area contributed by atoms with Crippen molar-refractivity contribution in [2.75, 3.05) is 12.4 Å². The minimum absolute atomic E-state index is 0.0278. The molecule has 1 aromatic carbocycles. The molecule has 0 unspecified atom stereocenters. The van der Waals surface area contributed by atoms with Gasteiger partial charge in [0.25, 0.3) is 0 Å². The predicted octanol–water partition coefficient (Wildman–Crippen LogP) is 3.28. The summed E-state index contributed by atoms with van der Waals surface area (Å²) in [6.45, 7) is 0. The average molecular weight is 355 g/mol. The Balaban J connectivity index is 2.01. The van der Waals surface area contributed by atoms with Crippen LogP contribution < -0.4 is 5.32 Å². The van der Waals surface area contributed by atoms with Crippen LogP contribution >= 0.6 is 11.6 Å². The minimum atomic E-state index is -0.560. The molecular weight excluding hydrogens is 343 g/mol. The normalized spacial score (nSPS) is 11.1. The van der Waals surface area contributed by atoms with Crippen molar-refractivity contribution in [3.63, 3.8) is 0 Å². The van der Waals surface area contributed by atoms with E-state index in [0.717, 1.165) is 0 Å². The SMILES string of the molecule is C#CCc1c(F)c(Cl)c(-c2cn3cc(NC)nc3cn2)c2cn[nH]c12. The van der Waals surface area contributed by atoms with E-state index >= 15 is 0 Å². The summed E-state index contributed by atoms with van der Waals surface area (Å²) < 4.78 is 16.6. The third-order valence-corrected chi connectivity index (χ3v) is 4.38. The van der Waals surface area contributed by atoms with Gasteiger partial charge in [0.15, 0.2) is 5.65 Å². The molecule has 25 heavy (non-hydrogen) atoms. The van der Waals surface area contributed by atoms with Crippen LogP contribution in [0, 0.1) is 18.2 Å². The van der Waals surface area contributed by atoms with Gasteiger partial charge in [0.05, 0.1) is 34.8 Å². The molecule has 0 spiro atoms. The van der Waals surface area contributed by atoms with E-state index < -0.39 is 5.82 Å². The summed E-state index contributed by atoms with van der Waals surface area (Å²) in [7, 11) is 1.78. The fourth-order valence-electron chi connectivity index (χ4n) is 2.84. The van der Waals surface area contributed by atoms with Gasteiger partial charge < -0.3 is 9.72 Å². The zero-order valence-electron chi connectivity index (χ0n) is 13.1. The lowest BCUT2D eigenvalue weighted by atomic mass is 10.0. The van der Waals surface area contributed by atoms with Gasteiger partial charge in [-0.3, -0.25) is 10.1 Å². The van der Waals surface area contributed by atoms with E-state index in [1.54, 1.807) is 30.0 Å². The first-order valence-electron chi connectivity index (χ1n) is 7.43. The number of rotatable bonds is 3. The summed E-state index contributed by atoms with van der Waals surface area (Å²) >= 11 is 6.33. The minimum Gasteiger partial charge on any atom is -0.372 e. The quantitative estimate of drug-likeness (QED) is 0.554. The van der Waals surface area contributed by atoms with Crippen LogP contribution in [0.1, 0.15) is 5.56 Å². The first-order chi connectivity index (χ1) is 12.1. The van der Waals surface area contributed by atoms with Crippen molar-refractivity contribution in [1.82, 2.24) is 24.6 Å². The van der Waals surface area contributed by atoms with Crippen molar-refractivity contribution < 1.29 is 4.39 Å². The largest absolute Gasteiger partial charge is 0.372 e. The van der Waals surface area contributed by atoms with Crippen LogP contribution in [0.4, 0.5) is 10.2 Å². The second-order valence-corrected chi connectivity index (χ2v) is 5.81. The second kappa shape index (κ2) is 5.76. The molecule has 0 atom stereocenters. The first kappa shape index (κ1) is 15.4. The number of benzene rings is 1. The van der Waals surface area contributed by atoms with Crippen molar-refractivity contribution in [2.24, 2.45) is 0 Å². The lowest BCUT2D eigenvalue weighted by molar-refractivity contribution is 0.618. The van der Waals surface area contributed by atoms with Crippen molar-refractivity contribution in [1.29, 1.82) is 0 Å². The molecular formula is C17H12ClFN6. The van der Waals surface area contributed by atoms with Gasteiger partial charge in [-0.05, 0) is 0 Å². The first-order valence-corrected chi connectivity index (χ1v) is 7.81. The molecule has 4 aromatic rings. The van der Waals surface area contributed by atoms with E-state index in [1.165, 1.54) is 0 Å². The Morgan fingerprint density at radius 2 is 2.24 bits per heavy atom.